The number of hydrogen-bond donors (Lipinski definition) is 2. The molecule has 0 aromatic heterocycles. The zero-order valence-electron chi connectivity index (χ0n) is 10.5. The molecule has 0 aromatic carbocycles. The lowest BCUT2D eigenvalue weighted by Crippen LogP contribution is -2.56. The highest BCUT2D eigenvalue weighted by atomic mass is 16.4. The highest BCUT2D eigenvalue weighted by Gasteiger charge is 2.33. The van der Waals surface area contributed by atoms with E-state index in [1.165, 1.54) is 25.9 Å². The summed E-state index contributed by atoms with van der Waals surface area (Å²) in [5.74, 6) is 0.00604. The lowest BCUT2D eigenvalue weighted by Gasteiger charge is -2.45. The molecule has 0 aliphatic carbocycles. The third kappa shape index (κ3) is 3.07. The van der Waals surface area contributed by atoms with Gasteiger partial charge in [0.2, 0.25) is 0 Å². The number of nitrogens with one attached hydrogen (secondary N) is 1. The molecule has 2 bridgehead atoms. The molecule has 96 valence electrons. The zero-order valence-corrected chi connectivity index (χ0v) is 10.5. The minimum atomic E-state index is -0.789. The van der Waals surface area contributed by atoms with E-state index in [2.05, 4.69) is 10.2 Å². The van der Waals surface area contributed by atoms with Gasteiger partial charge in [-0.05, 0) is 38.3 Å². The van der Waals surface area contributed by atoms with Crippen molar-refractivity contribution < 1.29 is 9.90 Å². The van der Waals surface area contributed by atoms with Crippen LogP contribution in [-0.4, -0.2) is 48.2 Å². The van der Waals surface area contributed by atoms with Gasteiger partial charge in [0.05, 0.1) is 0 Å². The van der Waals surface area contributed by atoms with E-state index in [4.69, 9.17) is 5.11 Å². The summed E-state index contributed by atoms with van der Waals surface area (Å²) in [4.78, 5) is 13.3. The second-order valence-electron chi connectivity index (χ2n) is 5.04. The molecule has 2 N–H and O–H groups in total. The van der Waals surface area contributed by atoms with Crippen LogP contribution in [0.15, 0.2) is 11.6 Å². The van der Waals surface area contributed by atoms with Gasteiger partial charge in [0.15, 0.2) is 0 Å². The molecule has 0 spiro atoms. The average Bonchev–Trinajstić information content (AvgIpc) is 2.35. The molecule has 4 heteroatoms. The van der Waals surface area contributed by atoms with Crippen molar-refractivity contribution in [3.8, 4) is 0 Å². The van der Waals surface area contributed by atoms with E-state index in [-0.39, 0.29) is 0 Å². The summed E-state index contributed by atoms with van der Waals surface area (Å²) in [6, 6.07) is 0.556. The van der Waals surface area contributed by atoms with Crippen LogP contribution < -0.4 is 5.32 Å². The zero-order chi connectivity index (χ0) is 12.3. The van der Waals surface area contributed by atoms with Gasteiger partial charge >= 0.3 is 5.97 Å². The van der Waals surface area contributed by atoms with Gasteiger partial charge in [0.1, 0.15) is 0 Å². The van der Waals surface area contributed by atoms with Gasteiger partial charge in [-0.15, -0.1) is 0 Å². The predicted octanol–water partition coefficient (Wildman–Crippen LogP) is 1.09. The lowest BCUT2D eigenvalue weighted by atomic mass is 9.84. The predicted molar refractivity (Wildman–Crippen MR) is 67.0 cm³/mol. The van der Waals surface area contributed by atoms with Crippen LogP contribution in [0.2, 0.25) is 0 Å². The summed E-state index contributed by atoms with van der Waals surface area (Å²) in [6.45, 7) is 6.19. The van der Waals surface area contributed by atoms with Crippen LogP contribution in [0.5, 0.6) is 0 Å². The number of carboxylic acid groups (broad SMARTS) is 1. The van der Waals surface area contributed by atoms with Crippen molar-refractivity contribution in [2.24, 2.45) is 5.92 Å². The Kier molecular flexibility index (Phi) is 4.18. The molecule has 0 saturated carbocycles. The van der Waals surface area contributed by atoms with Crippen LogP contribution in [0, 0.1) is 5.92 Å². The second kappa shape index (κ2) is 5.65. The van der Waals surface area contributed by atoms with Gasteiger partial charge in [-0.1, -0.05) is 13.0 Å². The Morgan fingerprint density at radius 3 is 2.65 bits per heavy atom. The Bertz CT molecular complexity index is 307. The van der Waals surface area contributed by atoms with Crippen molar-refractivity contribution >= 4 is 5.97 Å². The van der Waals surface area contributed by atoms with Gasteiger partial charge < -0.3 is 15.3 Å². The quantitative estimate of drug-likeness (QED) is 0.704. The molecule has 3 aliphatic rings. The Morgan fingerprint density at radius 1 is 1.47 bits per heavy atom. The second-order valence-corrected chi connectivity index (χ2v) is 5.04. The third-order valence-corrected chi connectivity index (χ3v) is 4.04. The monoisotopic (exact) mass is 238 g/mol. The normalized spacial score (nSPS) is 32.8. The first kappa shape index (κ1) is 12.6. The minimum Gasteiger partial charge on any atom is -0.478 e. The number of nitrogens with zero attached hydrogens (tertiary/aromatic N) is 1. The van der Waals surface area contributed by atoms with Crippen LogP contribution in [0.4, 0.5) is 0 Å². The number of hydrogen-bond acceptors (Lipinski definition) is 3. The Hall–Kier alpha value is -0.870. The molecular weight excluding hydrogens is 216 g/mol. The summed E-state index contributed by atoms with van der Waals surface area (Å²) in [6.07, 6.45) is 5.00. The van der Waals surface area contributed by atoms with Crippen LogP contribution in [-0.2, 0) is 4.79 Å². The average molecular weight is 238 g/mol. The van der Waals surface area contributed by atoms with Gasteiger partial charge in [-0.2, -0.15) is 0 Å². The fourth-order valence-electron chi connectivity index (χ4n) is 2.91. The van der Waals surface area contributed by atoms with Gasteiger partial charge in [-0.25, -0.2) is 4.79 Å². The maximum Gasteiger partial charge on any atom is 0.331 e. The fraction of sp³-hybridized carbons (Fsp3) is 0.769. The van der Waals surface area contributed by atoms with Crippen molar-refractivity contribution in [1.82, 2.24) is 10.2 Å². The maximum absolute atomic E-state index is 10.8. The van der Waals surface area contributed by atoms with Gasteiger partial charge in [-0.3, -0.25) is 0 Å². The number of rotatable bonds is 5. The van der Waals surface area contributed by atoms with E-state index in [1.54, 1.807) is 0 Å². The molecule has 3 aliphatic heterocycles. The molecule has 4 nitrogen and oxygen atoms in total. The first-order chi connectivity index (χ1) is 8.20. The molecule has 3 heterocycles. The molecular formula is C13H22N2O2. The number of carboxylic acids is 1. The molecule has 0 radical (unpaired) electrons. The highest BCUT2D eigenvalue weighted by Crippen LogP contribution is 2.27. The van der Waals surface area contributed by atoms with Crippen molar-refractivity contribution in [2.45, 2.75) is 32.2 Å². The first-order valence-corrected chi connectivity index (χ1v) is 6.58. The van der Waals surface area contributed by atoms with E-state index in [0.29, 0.717) is 24.6 Å². The van der Waals surface area contributed by atoms with Crippen LogP contribution in [0.3, 0.4) is 0 Å². The number of piperidine rings is 3. The van der Waals surface area contributed by atoms with Gasteiger partial charge in [0.25, 0.3) is 0 Å². The number of fused-ring (bicyclic) bond motifs is 3. The molecule has 17 heavy (non-hydrogen) atoms. The van der Waals surface area contributed by atoms with E-state index in [0.717, 1.165) is 12.5 Å². The smallest absolute Gasteiger partial charge is 0.331 e. The molecule has 0 amide bonds. The topological polar surface area (TPSA) is 52.6 Å². The van der Waals surface area contributed by atoms with E-state index in [9.17, 15) is 4.79 Å². The molecule has 0 aromatic rings. The summed E-state index contributed by atoms with van der Waals surface area (Å²) < 4.78 is 0. The Morgan fingerprint density at radius 2 is 2.18 bits per heavy atom. The van der Waals surface area contributed by atoms with Gasteiger partial charge in [0, 0.05) is 24.7 Å². The van der Waals surface area contributed by atoms with E-state index < -0.39 is 5.97 Å². The summed E-state index contributed by atoms with van der Waals surface area (Å²) >= 11 is 0. The van der Waals surface area contributed by atoms with Crippen molar-refractivity contribution in [2.75, 3.05) is 26.2 Å². The number of carbonyl (C=O) groups is 1. The molecule has 1 unspecified atom stereocenters. The van der Waals surface area contributed by atoms with Crippen molar-refractivity contribution in [3.05, 3.63) is 11.6 Å². The van der Waals surface area contributed by atoms with Crippen LogP contribution in [0.25, 0.3) is 0 Å². The van der Waals surface area contributed by atoms with Crippen LogP contribution in [0.1, 0.15) is 26.2 Å². The third-order valence-electron chi connectivity index (χ3n) is 4.04. The minimum absolute atomic E-state index is 0.513. The molecule has 3 fully saturated rings. The lowest BCUT2D eigenvalue weighted by molar-refractivity contribution is -0.132. The first-order valence-electron chi connectivity index (χ1n) is 6.58. The SMILES string of the molecule is CCC(=CCNC1CN2CCC1CC2)C(=O)O. The Balaban J connectivity index is 1.80. The van der Waals surface area contributed by atoms with Crippen LogP contribution >= 0.6 is 0 Å². The maximum atomic E-state index is 10.8. The van der Waals surface area contributed by atoms with Crippen molar-refractivity contribution in [1.29, 1.82) is 0 Å². The Labute approximate surface area is 103 Å². The van der Waals surface area contributed by atoms with E-state index >= 15 is 0 Å². The molecule has 3 saturated heterocycles. The fourth-order valence-corrected chi connectivity index (χ4v) is 2.91. The molecule has 1 atom stereocenters. The largest absolute Gasteiger partial charge is 0.478 e. The van der Waals surface area contributed by atoms with E-state index in [1.807, 2.05) is 13.0 Å². The summed E-state index contributed by atoms with van der Waals surface area (Å²) in [5.41, 5.74) is 0.513. The summed E-state index contributed by atoms with van der Waals surface area (Å²) in [5, 5.41) is 12.4. The highest BCUT2D eigenvalue weighted by molar-refractivity contribution is 5.86. The number of aliphatic carboxylic acids is 1. The van der Waals surface area contributed by atoms with Crippen molar-refractivity contribution in [3.63, 3.8) is 0 Å². The summed E-state index contributed by atoms with van der Waals surface area (Å²) in [7, 11) is 0. The molecule has 3 rings (SSSR count). The standard InChI is InChI=1S/C13H22N2O2/c1-2-10(13(16)17)3-6-14-12-9-15-7-4-11(12)5-8-15/h3,11-12,14H,2,4-9H2,1H3,(H,16,17).